The van der Waals surface area contributed by atoms with Crippen LogP contribution in [0.3, 0.4) is 0 Å². The van der Waals surface area contributed by atoms with Crippen molar-refractivity contribution in [1.82, 2.24) is 20.3 Å². The van der Waals surface area contributed by atoms with Gasteiger partial charge in [-0.05, 0) is 54.1 Å². The molecule has 35 heavy (non-hydrogen) atoms. The van der Waals surface area contributed by atoms with Crippen LogP contribution in [0.1, 0.15) is 27.2 Å². The van der Waals surface area contributed by atoms with Crippen molar-refractivity contribution in [2.75, 3.05) is 0 Å². The van der Waals surface area contributed by atoms with E-state index in [9.17, 15) is 9.18 Å². The minimum atomic E-state index is -0.414. The van der Waals surface area contributed by atoms with Gasteiger partial charge in [0.05, 0.1) is 11.2 Å². The number of amides is 1. The Morgan fingerprint density at radius 3 is 2.71 bits per heavy atom. The second-order valence-corrected chi connectivity index (χ2v) is 8.36. The molecule has 5 aromatic rings. The van der Waals surface area contributed by atoms with Crippen LogP contribution in [0.5, 0.6) is 11.5 Å². The van der Waals surface area contributed by atoms with Crippen LogP contribution >= 0.6 is 11.6 Å². The maximum Gasteiger partial charge on any atom is 0.251 e. The van der Waals surface area contributed by atoms with Gasteiger partial charge in [-0.1, -0.05) is 23.7 Å². The molecule has 0 radical (unpaired) electrons. The smallest absolute Gasteiger partial charge is 0.251 e. The first-order valence-electron chi connectivity index (χ1n) is 10.9. The molecule has 8 heteroatoms. The van der Waals surface area contributed by atoms with E-state index in [1.807, 2.05) is 36.4 Å². The number of benzene rings is 2. The number of halogens is 2. The van der Waals surface area contributed by atoms with Gasteiger partial charge in [0.15, 0.2) is 0 Å². The van der Waals surface area contributed by atoms with Crippen molar-refractivity contribution in [3.05, 3.63) is 119 Å². The van der Waals surface area contributed by atoms with E-state index in [1.165, 1.54) is 6.07 Å². The molecular weight excluding hydrogens is 467 g/mol. The molecule has 2 aromatic carbocycles. The summed E-state index contributed by atoms with van der Waals surface area (Å²) < 4.78 is 20.2. The second-order valence-electron chi connectivity index (χ2n) is 7.96. The average molecular weight is 487 g/mol. The van der Waals surface area contributed by atoms with Crippen LogP contribution in [0.2, 0.25) is 5.02 Å². The number of rotatable bonds is 7. The number of fused-ring (bicyclic) bond motifs is 1. The van der Waals surface area contributed by atoms with E-state index >= 15 is 0 Å². The molecule has 0 aliphatic rings. The third-order valence-electron chi connectivity index (χ3n) is 5.50. The summed E-state index contributed by atoms with van der Waals surface area (Å²) in [5, 5.41) is 3.98. The molecule has 0 spiro atoms. The Morgan fingerprint density at radius 1 is 1.06 bits per heavy atom. The van der Waals surface area contributed by atoms with E-state index < -0.39 is 5.82 Å². The number of aromatic nitrogens is 3. The molecule has 0 saturated carbocycles. The van der Waals surface area contributed by atoms with E-state index in [1.54, 1.807) is 43.0 Å². The first-order valence-corrected chi connectivity index (χ1v) is 11.3. The third kappa shape index (κ3) is 5.31. The Hall–Kier alpha value is -4.23. The quantitative estimate of drug-likeness (QED) is 0.293. The fraction of sp³-hybridized carbons (Fsp3) is 0.0741. The van der Waals surface area contributed by atoms with Gasteiger partial charge in [0.1, 0.15) is 17.3 Å². The highest BCUT2D eigenvalue weighted by molar-refractivity contribution is 6.35. The number of pyridine rings is 2. The van der Waals surface area contributed by atoms with Gasteiger partial charge in [-0.15, -0.1) is 0 Å². The summed E-state index contributed by atoms with van der Waals surface area (Å²) in [5.41, 5.74) is 3.18. The molecule has 0 fully saturated rings. The number of hydrogen-bond acceptors (Lipinski definition) is 4. The number of carbonyl (C=O) groups excluding carboxylic acids is 1. The molecule has 5 rings (SSSR count). The van der Waals surface area contributed by atoms with Crippen molar-refractivity contribution in [2.24, 2.45) is 0 Å². The molecule has 0 bridgehead atoms. The molecule has 1 amide bonds. The third-order valence-corrected chi connectivity index (χ3v) is 5.81. The SMILES string of the molecule is O=C(NCc1cc2c(Cl)c[nH]c2cc1F)c1ccnc(Cc2ccc(Oc3cccnc3)cc2)c1. The Labute approximate surface area is 205 Å². The van der Waals surface area contributed by atoms with Crippen LogP contribution in [0.15, 0.2) is 85.5 Å². The van der Waals surface area contributed by atoms with Gasteiger partial charge in [-0.25, -0.2) is 4.39 Å². The zero-order valence-corrected chi connectivity index (χ0v) is 19.2. The normalized spacial score (nSPS) is 10.9. The van der Waals surface area contributed by atoms with Crippen LogP contribution in [-0.2, 0) is 13.0 Å². The van der Waals surface area contributed by atoms with E-state index in [2.05, 4.69) is 20.3 Å². The van der Waals surface area contributed by atoms with Crippen molar-refractivity contribution in [2.45, 2.75) is 13.0 Å². The first-order chi connectivity index (χ1) is 17.0. The maximum absolute atomic E-state index is 14.4. The fourth-order valence-electron chi connectivity index (χ4n) is 3.71. The van der Waals surface area contributed by atoms with Gasteiger partial charge in [-0.3, -0.25) is 14.8 Å². The zero-order valence-electron chi connectivity index (χ0n) is 18.5. The predicted molar refractivity (Wildman–Crippen MR) is 132 cm³/mol. The number of ether oxygens (including phenoxy) is 1. The highest BCUT2D eigenvalue weighted by Gasteiger charge is 2.12. The lowest BCUT2D eigenvalue weighted by Gasteiger charge is -2.09. The fourth-order valence-corrected chi connectivity index (χ4v) is 3.92. The number of aromatic amines is 1. The van der Waals surface area contributed by atoms with Crippen molar-refractivity contribution < 1.29 is 13.9 Å². The molecule has 3 aromatic heterocycles. The summed E-state index contributed by atoms with van der Waals surface area (Å²) in [7, 11) is 0. The van der Waals surface area contributed by atoms with Crippen LogP contribution < -0.4 is 10.1 Å². The number of nitrogens with zero attached hydrogens (tertiary/aromatic N) is 2. The zero-order chi connectivity index (χ0) is 24.2. The molecule has 0 aliphatic heterocycles. The highest BCUT2D eigenvalue weighted by atomic mass is 35.5. The van der Waals surface area contributed by atoms with Crippen molar-refractivity contribution in [1.29, 1.82) is 0 Å². The van der Waals surface area contributed by atoms with Crippen molar-refractivity contribution in [3.8, 4) is 11.5 Å². The Morgan fingerprint density at radius 2 is 1.91 bits per heavy atom. The van der Waals surface area contributed by atoms with Crippen LogP contribution in [0.4, 0.5) is 4.39 Å². The molecular formula is C27H20ClFN4O2. The maximum atomic E-state index is 14.4. The van der Waals surface area contributed by atoms with Gasteiger partial charge >= 0.3 is 0 Å². The summed E-state index contributed by atoms with van der Waals surface area (Å²) in [5.74, 6) is 0.641. The summed E-state index contributed by atoms with van der Waals surface area (Å²) in [6, 6.07) is 17.7. The molecule has 174 valence electrons. The van der Waals surface area contributed by atoms with Gasteiger partial charge in [0.25, 0.3) is 5.91 Å². The Bertz CT molecular complexity index is 1490. The Kier molecular flexibility index (Phi) is 6.41. The minimum Gasteiger partial charge on any atom is -0.456 e. The van der Waals surface area contributed by atoms with Gasteiger partial charge < -0.3 is 15.0 Å². The summed E-state index contributed by atoms with van der Waals surface area (Å²) >= 11 is 6.13. The largest absolute Gasteiger partial charge is 0.456 e. The monoisotopic (exact) mass is 486 g/mol. The van der Waals surface area contributed by atoms with Crippen molar-refractivity contribution >= 4 is 28.4 Å². The lowest BCUT2D eigenvalue weighted by atomic mass is 10.1. The topological polar surface area (TPSA) is 79.9 Å². The molecule has 0 atom stereocenters. The van der Waals surface area contributed by atoms with Gasteiger partial charge in [0, 0.05) is 59.3 Å². The number of hydrogen-bond donors (Lipinski definition) is 2. The number of nitrogens with one attached hydrogen (secondary N) is 2. The first kappa shape index (κ1) is 22.6. The molecule has 2 N–H and O–H groups in total. The van der Waals surface area contributed by atoms with Crippen molar-refractivity contribution in [3.63, 3.8) is 0 Å². The average Bonchev–Trinajstić information content (AvgIpc) is 3.23. The predicted octanol–water partition coefficient (Wildman–Crippen LogP) is 6.06. The molecule has 0 unspecified atom stereocenters. The lowest BCUT2D eigenvalue weighted by Crippen LogP contribution is -2.23. The number of carbonyl (C=O) groups is 1. The van der Waals surface area contributed by atoms with Crippen LogP contribution in [-0.4, -0.2) is 20.9 Å². The molecule has 0 aliphatic carbocycles. The standard InChI is InChI=1S/C27H20ClFN4O2/c28-24-16-32-26-13-25(29)19(12-23(24)26)14-33-27(34)18-7-9-31-20(11-18)10-17-3-5-21(6-4-17)35-22-2-1-8-30-15-22/h1-9,11-13,15-16,32H,10,14H2,(H,33,34). The molecule has 3 heterocycles. The van der Waals surface area contributed by atoms with Crippen LogP contribution in [0, 0.1) is 5.82 Å². The van der Waals surface area contributed by atoms with E-state index in [4.69, 9.17) is 16.3 Å². The molecule has 6 nitrogen and oxygen atoms in total. The Balaban J connectivity index is 1.23. The molecule has 0 saturated heterocycles. The minimum absolute atomic E-state index is 0.0398. The highest BCUT2D eigenvalue weighted by Crippen LogP contribution is 2.26. The van der Waals surface area contributed by atoms with Gasteiger partial charge in [-0.2, -0.15) is 0 Å². The number of H-pyrrole nitrogens is 1. The summed E-state index contributed by atoms with van der Waals surface area (Å²) in [6.45, 7) is 0.0398. The van der Waals surface area contributed by atoms with E-state index in [0.717, 1.165) is 11.3 Å². The summed E-state index contributed by atoms with van der Waals surface area (Å²) in [6.07, 6.45) is 7.08. The summed E-state index contributed by atoms with van der Waals surface area (Å²) in [4.78, 5) is 24.0. The van der Waals surface area contributed by atoms with E-state index in [0.29, 0.717) is 45.0 Å². The lowest BCUT2D eigenvalue weighted by molar-refractivity contribution is 0.0950. The van der Waals surface area contributed by atoms with Gasteiger partial charge in [0.2, 0.25) is 0 Å². The van der Waals surface area contributed by atoms with Crippen LogP contribution in [0.25, 0.3) is 10.9 Å². The second kappa shape index (κ2) is 9.95. The van der Waals surface area contributed by atoms with E-state index in [-0.39, 0.29) is 12.5 Å².